The molecule has 0 aromatic carbocycles. The lowest BCUT2D eigenvalue weighted by Crippen LogP contribution is -2.68. The number of hydrazone groups is 1. The molecule has 0 spiro atoms. The number of nitriles is 1. The molecule has 0 amide bonds. The van der Waals surface area contributed by atoms with Crippen molar-refractivity contribution in [2.24, 2.45) is 78.1 Å². The second kappa shape index (κ2) is 13.1. The third-order valence-electron chi connectivity index (χ3n) is 17.6. The number of aliphatic imine (C=N–C) groups is 1. The molecule has 2 heterocycles. The molecular formula is C44H67N5O5. The average Bonchev–Trinajstić information content (AvgIpc) is 3.63. The van der Waals surface area contributed by atoms with Crippen LogP contribution in [-0.4, -0.2) is 64.0 Å². The SMILES string of the molecule is CC(C)C1C(=O)C[C@]2(C3NN=C(C4=NC=C(C#N)CC4)N3C)CC[C@]3(C)C(CCC4C5(C)CCC(OC(O)CC(C)(C)C(=O)O)C(C)(C)C5CC[C@]43C)C12. The zero-order valence-electron chi connectivity index (χ0n) is 34.7. The van der Waals surface area contributed by atoms with E-state index in [9.17, 15) is 25.1 Å². The Balaban J connectivity index is 1.16. The number of carbonyl (C=O) groups excluding carboxylic acids is 1. The molecule has 3 N–H and O–H groups in total. The fraction of sp³-hybridized carbons (Fsp3) is 0.841. The van der Waals surface area contributed by atoms with E-state index in [1.54, 1.807) is 20.0 Å². The zero-order valence-corrected chi connectivity index (χ0v) is 34.7. The minimum Gasteiger partial charge on any atom is -0.481 e. The van der Waals surface area contributed by atoms with E-state index in [-0.39, 0.29) is 63.5 Å². The number of hydrogen-bond acceptors (Lipinski definition) is 9. The van der Waals surface area contributed by atoms with Crippen molar-refractivity contribution in [2.45, 2.75) is 158 Å². The lowest BCUT2D eigenvalue weighted by molar-refractivity contribution is -0.270. The number of aliphatic hydroxyl groups excluding tert-OH is 1. The van der Waals surface area contributed by atoms with E-state index >= 15 is 0 Å². The Morgan fingerprint density at radius 2 is 1.78 bits per heavy atom. The molecule has 12 atom stereocenters. The molecule has 0 aromatic rings. The summed E-state index contributed by atoms with van der Waals surface area (Å²) in [5.41, 5.74) is 4.05. The van der Waals surface area contributed by atoms with E-state index in [2.05, 4.69) is 76.9 Å². The second-order valence-electron chi connectivity index (χ2n) is 21.1. The van der Waals surface area contributed by atoms with Crippen molar-refractivity contribution in [3.8, 4) is 6.07 Å². The van der Waals surface area contributed by atoms with Crippen LogP contribution in [0.15, 0.2) is 21.9 Å². The van der Waals surface area contributed by atoms with E-state index in [1.807, 2.05) is 0 Å². The molecular weight excluding hydrogens is 679 g/mol. The third-order valence-corrected chi connectivity index (χ3v) is 17.6. The first-order valence-corrected chi connectivity index (χ1v) is 21.0. The van der Waals surface area contributed by atoms with Crippen LogP contribution in [0.3, 0.4) is 0 Å². The number of nitrogens with zero attached hydrogens (tertiary/aromatic N) is 4. The Bertz CT molecular complexity index is 1690. The number of hydrogen-bond donors (Lipinski definition) is 3. The van der Waals surface area contributed by atoms with E-state index < -0.39 is 17.7 Å². The van der Waals surface area contributed by atoms with Crippen LogP contribution >= 0.6 is 0 Å². The first-order chi connectivity index (χ1) is 25.2. The lowest BCUT2D eigenvalue weighted by Gasteiger charge is -2.73. The molecule has 2 aliphatic heterocycles. The highest BCUT2D eigenvalue weighted by Crippen LogP contribution is 2.78. The summed E-state index contributed by atoms with van der Waals surface area (Å²) in [5.74, 6) is 2.30. The molecule has 7 rings (SSSR count). The fourth-order valence-electron chi connectivity index (χ4n) is 14.7. The molecule has 10 nitrogen and oxygen atoms in total. The Hall–Kier alpha value is -2.77. The minimum absolute atomic E-state index is 0.0261. The maximum absolute atomic E-state index is 14.4. The maximum Gasteiger partial charge on any atom is 0.309 e. The van der Waals surface area contributed by atoms with Gasteiger partial charge in [0.2, 0.25) is 0 Å². The molecule has 10 heteroatoms. The largest absolute Gasteiger partial charge is 0.481 e. The van der Waals surface area contributed by atoms with Crippen LogP contribution in [0.1, 0.15) is 139 Å². The van der Waals surface area contributed by atoms with Gasteiger partial charge in [-0.25, -0.2) is 0 Å². The van der Waals surface area contributed by atoms with E-state index in [1.165, 1.54) is 0 Å². The van der Waals surface area contributed by atoms with Gasteiger partial charge in [-0.05, 0) is 129 Å². The van der Waals surface area contributed by atoms with Gasteiger partial charge < -0.3 is 19.8 Å². The van der Waals surface area contributed by atoms with Gasteiger partial charge in [-0.15, -0.1) is 0 Å². The average molecular weight is 746 g/mol. The highest BCUT2D eigenvalue weighted by Gasteiger charge is 2.73. The van der Waals surface area contributed by atoms with Gasteiger partial charge in [0.15, 0.2) is 12.1 Å². The first kappa shape index (κ1) is 39.5. The van der Waals surface area contributed by atoms with Gasteiger partial charge in [0.05, 0.1) is 23.3 Å². The summed E-state index contributed by atoms with van der Waals surface area (Å²) in [6.07, 6.45) is 10.9. The molecule has 298 valence electrons. The molecule has 5 aliphatic carbocycles. The van der Waals surface area contributed by atoms with Crippen LogP contribution in [0, 0.1) is 79.3 Å². The number of ether oxygens (including phenoxy) is 1. The number of allylic oxidation sites excluding steroid dienone is 1. The van der Waals surface area contributed by atoms with Gasteiger partial charge >= 0.3 is 5.97 Å². The van der Waals surface area contributed by atoms with Crippen molar-refractivity contribution in [3.63, 3.8) is 0 Å². The first-order valence-electron chi connectivity index (χ1n) is 21.0. The standard InChI is InChI=1S/C44H67N5O5/c1-25(2)34-29(50)21-44(37-48-47-36(49(37)10)28-13-11-26(23-45)24-46-28)20-19-42(8)27(35(34)44)12-14-31-41(7)17-16-32(54-33(51)22-39(3,4)38(52)53)40(5,6)30(41)15-18-43(31,42)9/h24-25,27,30-35,37,48,51H,11-22H2,1-10H3,(H,52,53)/t27?,30?,31?,32?,33?,34?,35?,37?,41?,42-,43-,44-/m1/s1. The quantitative estimate of drug-likeness (QED) is 0.212. The third kappa shape index (κ3) is 5.58. The summed E-state index contributed by atoms with van der Waals surface area (Å²) in [6.45, 7) is 20.3. The molecule has 0 aromatic heterocycles. The van der Waals surface area contributed by atoms with E-state index in [0.717, 1.165) is 62.9 Å². The Kier molecular flexibility index (Phi) is 9.61. The number of carboxylic acid groups (broad SMARTS) is 1. The number of carbonyl (C=O) groups is 2. The maximum atomic E-state index is 14.4. The smallest absolute Gasteiger partial charge is 0.309 e. The molecule has 9 unspecified atom stereocenters. The number of nitrogens with one attached hydrogen (secondary N) is 1. The van der Waals surface area contributed by atoms with Gasteiger partial charge in [0, 0.05) is 43.0 Å². The monoisotopic (exact) mass is 746 g/mol. The molecule has 7 aliphatic rings. The van der Waals surface area contributed by atoms with Gasteiger partial charge in [-0.3, -0.25) is 20.0 Å². The summed E-state index contributed by atoms with van der Waals surface area (Å²) in [7, 11) is 2.12. The number of rotatable bonds is 8. The van der Waals surface area contributed by atoms with Crippen LogP contribution in [0.4, 0.5) is 0 Å². The number of ketones is 1. The molecule has 54 heavy (non-hydrogen) atoms. The highest BCUT2D eigenvalue weighted by atomic mass is 16.6. The van der Waals surface area contributed by atoms with Crippen LogP contribution in [0.5, 0.6) is 0 Å². The van der Waals surface area contributed by atoms with Gasteiger partial charge in [0.25, 0.3) is 0 Å². The van der Waals surface area contributed by atoms with Crippen molar-refractivity contribution in [3.05, 3.63) is 11.8 Å². The number of Topliss-reactive ketones (excluding diaryl/α,β-unsaturated/α-hetero) is 1. The minimum atomic E-state index is -1.11. The zero-order chi connectivity index (χ0) is 39.4. The topological polar surface area (TPSA) is 148 Å². The van der Waals surface area contributed by atoms with Gasteiger partial charge in [-0.2, -0.15) is 10.4 Å². The number of fused-ring (bicyclic) bond motifs is 7. The number of aliphatic hydroxyl groups is 1. The number of amidine groups is 1. The van der Waals surface area contributed by atoms with E-state index in [4.69, 9.17) is 9.84 Å². The van der Waals surface area contributed by atoms with Crippen molar-refractivity contribution < 1.29 is 24.5 Å². The van der Waals surface area contributed by atoms with Crippen molar-refractivity contribution in [1.29, 1.82) is 5.26 Å². The van der Waals surface area contributed by atoms with Crippen molar-refractivity contribution in [2.75, 3.05) is 7.05 Å². The van der Waals surface area contributed by atoms with Crippen LogP contribution in [0.25, 0.3) is 0 Å². The summed E-state index contributed by atoms with van der Waals surface area (Å²) in [5, 5.41) is 35.0. The fourth-order valence-corrected chi connectivity index (χ4v) is 14.7. The van der Waals surface area contributed by atoms with Gasteiger partial charge in [0.1, 0.15) is 11.9 Å². The van der Waals surface area contributed by atoms with Crippen molar-refractivity contribution in [1.82, 2.24) is 10.3 Å². The Morgan fingerprint density at radius 1 is 1.06 bits per heavy atom. The van der Waals surface area contributed by atoms with Gasteiger partial charge in [-0.1, -0.05) is 48.5 Å². The number of carboxylic acids is 1. The molecule has 0 saturated heterocycles. The molecule has 0 radical (unpaired) electrons. The summed E-state index contributed by atoms with van der Waals surface area (Å²) in [6, 6.07) is 2.25. The second-order valence-corrected chi connectivity index (χ2v) is 21.1. The summed E-state index contributed by atoms with van der Waals surface area (Å²) >= 11 is 0. The summed E-state index contributed by atoms with van der Waals surface area (Å²) in [4.78, 5) is 33.1. The highest BCUT2D eigenvalue weighted by molar-refractivity contribution is 6.42. The molecule has 0 bridgehead atoms. The number of aliphatic carboxylic acids is 1. The van der Waals surface area contributed by atoms with Crippen molar-refractivity contribution >= 4 is 23.3 Å². The Morgan fingerprint density at radius 3 is 2.41 bits per heavy atom. The molecule has 5 fully saturated rings. The molecule has 5 saturated carbocycles. The summed E-state index contributed by atoms with van der Waals surface area (Å²) < 4.78 is 6.39. The van der Waals surface area contributed by atoms with Crippen LogP contribution in [0.2, 0.25) is 0 Å². The Labute approximate surface area is 323 Å². The predicted molar refractivity (Wildman–Crippen MR) is 209 cm³/mol. The normalized spacial score (nSPS) is 43.4. The predicted octanol–water partition coefficient (Wildman–Crippen LogP) is 7.92. The van der Waals surface area contributed by atoms with Crippen LogP contribution < -0.4 is 5.43 Å². The van der Waals surface area contributed by atoms with E-state index in [0.29, 0.717) is 48.4 Å². The van der Waals surface area contributed by atoms with Crippen LogP contribution in [-0.2, 0) is 14.3 Å². The lowest BCUT2D eigenvalue weighted by atomic mass is 9.32.